The molecule has 1 heterocycles. The average Bonchev–Trinajstić information content (AvgIpc) is 3.03. The van der Waals surface area contributed by atoms with Gasteiger partial charge < -0.3 is 20.1 Å². The number of amides is 1. The van der Waals surface area contributed by atoms with E-state index in [1.54, 1.807) is 7.11 Å². The maximum absolute atomic E-state index is 13.0. The molecule has 1 aromatic carbocycles. The fourth-order valence-corrected chi connectivity index (χ4v) is 5.44. The Bertz CT molecular complexity index is 942. The number of benzene rings is 1. The Morgan fingerprint density at radius 3 is 2.62 bits per heavy atom. The molecule has 6 heteroatoms. The molecule has 2 unspecified atom stereocenters. The van der Waals surface area contributed by atoms with E-state index in [4.69, 9.17) is 4.74 Å². The van der Waals surface area contributed by atoms with Crippen LogP contribution in [0.25, 0.3) is 0 Å². The molecule has 174 valence electrons. The minimum atomic E-state index is -0.171. The van der Waals surface area contributed by atoms with Gasteiger partial charge in [0.05, 0.1) is 18.7 Å². The Labute approximate surface area is 191 Å². The first-order valence-corrected chi connectivity index (χ1v) is 11.7. The van der Waals surface area contributed by atoms with Crippen molar-refractivity contribution in [2.75, 3.05) is 39.8 Å². The van der Waals surface area contributed by atoms with E-state index in [2.05, 4.69) is 54.1 Å². The summed E-state index contributed by atoms with van der Waals surface area (Å²) < 4.78 is 5.48. The summed E-state index contributed by atoms with van der Waals surface area (Å²) in [7, 11) is 1.75. The fourth-order valence-electron chi connectivity index (χ4n) is 5.44. The Hall–Kier alpha value is -2.31. The van der Waals surface area contributed by atoms with Gasteiger partial charge in [-0.1, -0.05) is 32.1 Å². The lowest BCUT2D eigenvalue weighted by Gasteiger charge is -2.38. The highest BCUT2D eigenvalue weighted by atomic mass is 16.5. The minimum Gasteiger partial charge on any atom is -0.507 e. The van der Waals surface area contributed by atoms with Gasteiger partial charge in [0.2, 0.25) is 5.91 Å². The van der Waals surface area contributed by atoms with Crippen molar-refractivity contribution in [3.05, 3.63) is 52.2 Å². The van der Waals surface area contributed by atoms with E-state index in [9.17, 15) is 9.90 Å². The van der Waals surface area contributed by atoms with Crippen LogP contribution in [0, 0.1) is 19.3 Å². The molecule has 32 heavy (non-hydrogen) atoms. The van der Waals surface area contributed by atoms with Crippen LogP contribution in [0.5, 0.6) is 5.75 Å². The number of phenols is 1. The summed E-state index contributed by atoms with van der Waals surface area (Å²) in [6, 6.07) is 1.87. The number of piperazine rings is 1. The van der Waals surface area contributed by atoms with Crippen LogP contribution < -0.4 is 5.32 Å². The molecule has 0 saturated carbocycles. The van der Waals surface area contributed by atoms with Gasteiger partial charge in [0.25, 0.3) is 0 Å². The van der Waals surface area contributed by atoms with Crippen LogP contribution in [0.4, 0.5) is 0 Å². The van der Waals surface area contributed by atoms with Crippen molar-refractivity contribution in [1.82, 2.24) is 15.1 Å². The van der Waals surface area contributed by atoms with Crippen LogP contribution in [0.2, 0.25) is 0 Å². The van der Waals surface area contributed by atoms with Gasteiger partial charge in [0.15, 0.2) is 0 Å². The molecule has 1 aliphatic heterocycles. The highest BCUT2D eigenvalue weighted by Gasteiger charge is 2.43. The summed E-state index contributed by atoms with van der Waals surface area (Å²) in [4.78, 5) is 17.7. The number of nitrogens with zero attached hydrogens (tertiary/aromatic N) is 2. The molecule has 2 atom stereocenters. The fraction of sp³-hybridized carbons (Fsp3) is 0.577. The van der Waals surface area contributed by atoms with Gasteiger partial charge >= 0.3 is 0 Å². The van der Waals surface area contributed by atoms with Crippen LogP contribution in [0.15, 0.2) is 30.0 Å². The van der Waals surface area contributed by atoms with Crippen LogP contribution in [-0.2, 0) is 16.0 Å². The molecule has 0 bridgehead atoms. The number of hydrogen-bond acceptors (Lipinski definition) is 5. The maximum Gasteiger partial charge on any atom is 0.234 e. The number of aryl methyl sites for hydroxylation is 2. The van der Waals surface area contributed by atoms with E-state index >= 15 is 0 Å². The van der Waals surface area contributed by atoms with Gasteiger partial charge in [-0.15, -0.1) is 0 Å². The van der Waals surface area contributed by atoms with Crippen molar-refractivity contribution in [3.63, 3.8) is 0 Å². The van der Waals surface area contributed by atoms with E-state index in [0.717, 1.165) is 50.1 Å². The van der Waals surface area contributed by atoms with E-state index in [1.807, 2.05) is 13.0 Å². The molecule has 1 aromatic rings. The first-order chi connectivity index (χ1) is 15.2. The quantitative estimate of drug-likeness (QED) is 0.738. The molecule has 0 radical (unpaired) electrons. The second kappa shape index (κ2) is 8.91. The molecule has 0 aromatic heterocycles. The predicted molar refractivity (Wildman–Crippen MR) is 127 cm³/mol. The molecule has 2 N–H and O–H groups in total. The third-order valence-electron chi connectivity index (χ3n) is 7.34. The SMILES string of the molecule is COC1C=CC=C(N2CCN(CC(=O)NC3c4c(O)c(C)cc(C)c4CC3(C)C)CC2)C1. The summed E-state index contributed by atoms with van der Waals surface area (Å²) in [6.45, 7) is 12.3. The molecular weight excluding hydrogens is 402 g/mol. The zero-order valence-corrected chi connectivity index (χ0v) is 20.1. The first kappa shape index (κ1) is 22.9. The third kappa shape index (κ3) is 4.44. The van der Waals surface area contributed by atoms with Gasteiger partial charge in [0.1, 0.15) is 5.75 Å². The van der Waals surface area contributed by atoms with Crippen molar-refractivity contribution in [2.24, 2.45) is 5.41 Å². The second-order valence-electron chi connectivity index (χ2n) is 10.2. The molecule has 4 rings (SSSR count). The Morgan fingerprint density at radius 2 is 1.94 bits per heavy atom. The van der Waals surface area contributed by atoms with Crippen LogP contribution in [0.1, 0.15) is 48.6 Å². The number of hydrogen-bond donors (Lipinski definition) is 2. The zero-order valence-electron chi connectivity index (χ0n) is 20.1. The molecular formula is C26H37N3O3. The van der Waals surface area contributed by atoms with Gasteiger partial charge in [-0.2, -0.15) is 0 Å². The maximum atomic E-state index is 13.0. The minimum absolute atomic E-state index is 0.0298. The Balaban J connectivity index is 1.36. The van der Waals surface area contributed by atoms with Crippen molar-refractivity contribution in [3.8, 4) is 5.75 Å². The number of carbonyl (C=O) groups is 1. The van der Waals surface area contributed by atoms with Crippen molar-refractivity contribution >= 4 is 5.91 Å². The monoisotopic (exact) mass is 439 g/mol. The van der Waals surface area contributed by atoms with Crippen molar-refractivity contribution in [1.29, 1.82) is 0 Å². The van der Waals surface area contributed by atoms with E-state index < -0.39 is 0 Å². The van der Waals surface area contributed by atoms with Crippen molar-refractivity contribution in [2.45, 2.75) is 52.7 Å². The largest absolute Gasteiger partial charge is 0.507 e. The summed E-state index contributed by atoms with van der Waals surface area (Å²) in [5.41, 5.74) is 5.34. The number of allylic oxidation sites excluding steroid dienone is 2. The highest BCUT2D eigenvalue weighted by molar-refractivity contribution is 5.79. The number of aromatic hydroxyl groups is 1. The van der Waals surface area contributed by atoms with E-state index in [0.29, 0.717) is 12.3 Å². The van der Waals surface area contributed by atoms with Gasteiger partial charge in [-0.05, 0) is 48.4 Å². The zero-order chi connectivity index (χ0) is 23.0. The topological polar surface area (TPSA) is 65.0 Å². The normalized spacial score (nSPS) is 24.9. The first-order valence-electron chi connectivity index (χ1n) is 11.7. The number of nitrogens with one attached hydrogen (secondary N) is 1. The van der Waals surface area contributed by atoms with Gasteiger partial charge in [0, 0.05) is 51.0 Å². The molecule has 0 spiro atoms. The molecule has 3 aliphatic rings. The number of methoxy groups -OCH3 is 1. The number of phenolic OH excluding ortho intramolecular Hbond substituents is 1. The number of rotatable bonds is 5. The molecule has 2 aliphatic carbocycles. The second-order valence-corrected chi connectivity index (χ2v) is 10.2. The van der Waals surface area contributed by atoms with Crippen LogP contribution in [0.3, 0.4) is 0 Å². The number of fused-ring (bicyclic) bond motifs is 1. The standard InChI is InChI=1S/C26H37N3O3/c1-17-13-18(2)24(31)23-21(17)15-26(3,4)25(23)27-22(30)16-28-9-11-29(12-10-28)19-7-6-8-20(14-19)32-5/h6-8,13,20,25,31H,9-12,14-16H2,1-5H3,(H,27,30). The summed E-state index contributed by atoms with van der Waals surface area (Å²) in [6.07, 6.45) is 8.26. The molecule has 6 nitrogen and oxygen atoms in total. The summed E-state index contributed by atoms with van der Waals surface area (Å²) in [5.74, 6) is 0.362. The third-order valence-corrected chi connectivity index (χ3v) is 7.34. The lowest BCUT2D eigenvalue weighted by Crippen LogP contribution is -2.50. The number of carbonyl (C=O) groups excluding carboxylic acids is 1. The molecule has 1 amide bonds. The van der Waals surface area contributed by atoms with Gasteiger partial charge in [-0.25, -0.2) is 0 Å². The predicted octanol–water partition coefficient (Wildman–Crippen LogP) is 3.23. The van der Waals surface area contributed by atoms with Crippen molar-refractivity contribution < 1.29 is 14.6 Å². The lowest BCUT2D eigenvalue weighted by molar-refractivity contribution is -0.124. The summed E-state index contributed by atoms with van der Waals surface area (Å²) >= 11 is 0. The Kier molecular flexibility index (Phi) is 6.37. The Morgan fingerprint density at radius 1 is 1.22 bits per heavy atom. The highest BCUT2D eigenvalue weighted by Crippen LogP contribution is 2.50. The van der Waals surface area contributed by atoms with E-state index in [1.165, 1.54) is 16.8 Å². The van der Waals surface area contributed by atoms with E-state index in [-0.39, 0.29) is 23.5 Å². The van der Waals surface area contributed by atoms with Crippen LogP contribution >= 0.6 is 0 Å². The average molecular weight is 440 g/mol. The smallest absolute Gasteiger partial charge is 0.234 e. The molecule has 1 fully saturated rings. The molecule has 1 saturated heterocycles. The summed E-state index contributed by atoms with van der Waals surface area (Å²) in [5, 5.41) is 14.0. The van der Waals surface area contributed by atoms with Gasteiger partial charge in [-0.3, -0.25) is 9.69 Å². The lowest BCUT2D eigenvalue weighted by atomic mass is 9.85. The number of ether oxygens (including phenoxy) is 1. The van der Waals surface area contributed by atoms with Crippen LogP contribution in [-0.4, -0.2) is 66.8 Å².